The lowest BCUT2D eigenvalue weighted by Crippen LogP contribution is -2.19. The van der Waals surface area contributed by atoms with Gasteiger partial charge in [0, 0.05) is 5.56 Å². The van der Waals surface area contributed by atoms with Crippen molar-refractivity contribution >= 4 is 11.0 Å². The average molecular weight is 292 g/mol. The highest BCUT2D eigenvalue weighted by Crippen LogP contribution is 2.33. The number of nitrogens with zero attached hydrogens (tertiary/aromatic N) is 1. The van der Waals surface area contributed by atoms with Crippen molar-refractivity contribution in [2.24, 2.45) is 0 Å². The predicted molar refractivity (Wildman–Crippen MR) is 72.5 cm³/mol. The highest BCUT2D eigenvalue weighted by molar-refractivity contribution is 5.79. The van der Waals surface area contributed by atoms with Crippen LogP contribution in [0.25, 0.3) is 22.4 Å². The van der Waals surface area contributed by atoms with Crippen molar-refractivity contribution in [3.8, 4) is 11.4 Å². The summed E-state index contributed by atoms with van der Waals surface area (Å²) in [6, 6.07) is 12.9. The molecule has 2 aromatic carbocycles. The van der Waals surface area contributed by atoms with Crippen LogP contribution in [0.15, 0.2) is 48.5 Å². The second kappa shape index (κ2) is 4.89. The topological polar surface area (TPSA) is 48.9 Å². The molecule has 0 saturated heterocycles. The third-order valence-corrected chi connectivity index (χ3v) is 3.20. The minimum absolute atomic E-state index is 0.192. The molecule has 1 atom stereocenters. The van der Waals surface area contributed by atoms with Crippen LogP contribution in [0.4, 0.5) is 13.2 Å². The highest BCUT2D eigenvalue weighted by atomic mass is 19.4. The zero-order valence-corrected chi connectivity index (χ0v) is 10.7. The summed E-state index contributed by atoms with van der Waals surface area (Å²) in [5.41, 5.74) is 2.10. The van der Waals surface area contributed by atoms with Crippen molar-refractivity contribution in [2.45, 2.75) is 12.3 Å². The Kier molecular flexibility index (Phi) is 3.17. The summed E-state index contributed by atoms with van der Waals surface area (Å²) in [6.07, 6.45) is -7.14. The fourth-order valence-corrected chi connectivity index (χ4v) is 2.10. The number of hydrogen-bond acceptors (Lipinski definition) is 2. The first kappa shape index (κ1) is 13.6. The highest BCUT2D eigenvalue weighted by Gasteiger charge is 2.39. The van der Waals surface area contributed by atoms with E-state index in [0.29, 0.717) is 11.4 Å². The molecule has 1 heterocycles. The molecule has 0 fully saturated rings. The number of fused-ring (bicyclic) bond motifs is 1. The van der Waals surface area contributed by atoms with Gasteiger partial charge in [-0.05, 0) is 17.7 Å². The Balaban J connectivity index is 1.93. The van der Waals surface area contributed by atoms with Crippen LogP contribution in [0.3, 0.4) is 0 Å². The van der Waals surface area contributed by atoms with Crippen molar-refractivity contribution in [1.29, 1.82) is 0 Å². The Bertz CT molecular complexity index is 729. The summed E-state index contributed by atoms with van der Waals surface area (Å²) >= 11 is 0. The zero-order chi connectivity index (χ0) is 15.0. The minimum atomic E-state index is -4.67. The van der Waals surface area contributed by atoms with E-state index in [-0.39, 0.29) is 5.56 Å². The van der Waals surface area contributed by atoms with Gasteiger partial charge in [0.05, 0.1) is 11.0 Å². The Morgan fingerprint density at radius 1 is 1.00 bits per heavy atom. The molecule has 0 aliphatic heterocycles. The van der Waals surface area contributed by atoms with Gasteiger partial charge < -0.3 is 10.1 Å². The van der Waals surface area contributed by atoms with Gasteiger partial charge in [0.25, 0.3) is 0 Å². The normalized spacial score (nSPS) is 13.5. The molecule has 21 heavy (non-hydrogen) atoms. The van der Waals surface area contributed by atoms with Crippen LogP contribution in [-0.2, 0) is 0 Å². The maximum absolute atomic E-state index is 12.4. The number of alkyl halides is 3. The van der Waals surface area contributed by atoms with Gasteiger partial charge in [-0.3, -0.25) is 0 Å². The molecule has 3 aromatic rings. The molecule has 0 amide bonds. The van der Waals surface area contributed by atoms with E-state index in [1.807, 2.05) is 24.3 Å². The molecule has 1 aromatic heterocycles. The van der Waals surface area contributed by atoms with E-state index in [0.717, 1.165) is 11.0 Å². The summed E-state index contributed by atoms with van der Waals surface area (Å²) in [7, 11) is 0. The van der Waals surface area contributed by atoms with E-state index in [1.165, 1.54) is 24.3 Å². The summed E-state index contributed by atoms with van der Waals surface area (Å²) in [6.45, 7) is 0. The third-order valence-electron chi connectivity index (χ3n) is 3.20. The number of aromatic nitrogens is 2. The maximum atomic E-state index is 12.4. The van der Waals surface area contributed by atoms with Crippen LogP contribution in [0.5, 0.6) is 0 Å². The number of aromatic amines is 1. The fraction of sp³-hybridized carbons (Fsp3) is 0.133. The number of para-hydroxylation sites is 2. The van der Waals surface area contributed by atoms with Gasteiger partial charge in [0.1, 0.15) is 5.82 Å². The van der Waals surface area contributed by atoms with Crippen LogP contribution in [-0.4, -0.2) is 21.3 Å². The second-order valence-corrected chi connectivity index (χ2v) is 4.67. The van der Waals surface area contributed by atoms with Crippen molar-refractivity contribution in [1.82, 2.24) is 9.97 Å². The molecule has 0 bridgehead atoms. The van der Waals surface area contributed by atoms with Crippen LogP contribution >= 0.6 is 0 Å². The van der Waals surface area contributed by atoms with Crippen LogP contribution < -0.4 is 0 Å². The molecule has 3 nitrogen and oxygen atoms in total. The smallest absolute Gasteiger partial charge is 0.379 e. The number of rotatable bonds is 2. The van der Waals surface area contributed by atoms with Crippen molar-refractivity contribution in [3.05, 3.63) is 54.1 Å². The minimum Gasteiger partial charge on any atom is -0.379 e. The molecule has 108 valence electrons. The number of nitrogens with one attached hydrogen (secondary N) is 1. The lowest BCUT2D eigenvalue weighted by molar-refractivity contribution is -0.206. The predicted octanol–water partition coefficient (Wildman–Crippen LogP) is 3.83. The average Bonchev–Trinajstić information content (AvgIpc) is 2.89. The molecular formula is C15H11F3N2O. The van der Waals surface area contributed by atoms with Crippen LogP contribution in [0.1, 0.15) is 11.7 Å². The first-order valence-electron chi connectivity index (χ1n) is 6.25. The van der Waals surface area contributed by atoms with Gasteiger partial charge in [-0.2, -0.15) is 13.2 Å². The molecular weight excluding hydrogens is 281 g/mol. The van der Waals surface area contributed by atoms with Gasteiger partial charge >= 0.3 is 6.18 Å². The molecule has 0 aliphatic rings. The molecule has 3 rings (SSSR count). The molecule has 0 saturated carbocycles. The van der Waals surface area contributed by atoms with Gasteiger partial charge in [-0.25, -0.2) is 4.98 Å². The second-order valence-electron chi connectivity index (χ2n) is 4.67. The van der Waals surface area contributed by atoms with Gasteiger partial charge in [0.15, 0.2) is 6.10 Å². The number of aliphatic hydroxyl groups excluding tert-OH is 1. The Morgan fingerprint density at radius 2 is 1.67 bits per heavy atom. The van der Waals surface area contributed by atoms with E-state index in [1.54, 1.807) is 0 Å². The van der Waals surface area contributed by atoms with E-state index >= 15 is 0 Å². The summed E-state index contributed by atoms with van der Waals surface area (Å²) in [5.74, 6) is 0.573. The molecule has 2 N–H and O–H groups in total. The van der Waals surface area contributed by atoms with E-state index in [2.05, 4.69) is 9.97 Å². The zero-order valence-electron chi connectivity index (χ0n) is 10.7. The molecule has 1 unspecified atom stereocenters. The molecule has 0 radical (unpaired) electrons. The molecule has 0 aliphatic carbocycles. The van der Waals surface area contributed by atoms with Crippen molar-refractivity contribution < 1.29 is 18.3 Å². The van der Waals surface area contributed by atoms with Crippen LogP contribution in [0.2, 0.25) is 0 Å². The van der Waals surface area contributed by atoms with E-state index < -0.39 is 12.3 Å². The molecule has 6 heteroatoms. The monoisotopic (exact) mass is 292 g/mol. The molecule has 0 spiro atoms. The Morgan fingerprint density at radius 3 is 2.29 bits per heavy atom. The Hall–Kier alpha value is -2.34. The number of hydrogen-bond donors (Lipinski definition) is 2. The van der Waals surface area contributed by atoms with Gasteiger partial charge in [0.2, 0.25) is 0 Å². The quantitative estimate of drug-likeness (QED) is 0.754. The van der Waals surface area contributed by atoms with Crippen molar-refractivity contribution in [3.63, 3.8) is 0 Å². The van der Waals surface area contributed by atoms with E-state index in [9.17, 15) is 18.3 Å². The summed E-state index contributed by atoms with van der Waals surface area (Å²) in [4.78, 5) is 7.46. The SMILES string of the molecule is OC(c1ccc(-c2nc3ccccc3[nH]2)cc1)C(F)(F)F. The lowest BCUT2D eigenvalue weighted by atomic mass is 10.1. The van der Waals surface area contributed by atoms with Crippen molar-refractivity contribution in [2.75, 3.05) is 0 Å². The summed E-state index contributed by atoms with van der Waals surface area (Å²) in [5, 5.41) is 9.18. The number of H-pyrrole nitrogens is 1. The number of benzene rings is 2. The number of halogens is 3. The number of imidazole rings is 1. The maximum Gasteiger partial charge on any atom is 0.418 e. The first-order chi connectivity index (χ1) is 9.95. The van der Waals surface area contributed by atoms with Gasteiger partial charge in [-0.1, -0.05) is 36.4 Å². The summed E-state index contributed by atoms with van der Waals surface area (Å²) < 4.78 is 37.3. The first-order valence-corrected chi connectivity index (χ1v) is 6.25. The van der Waals surface area contributed by atoms with Gasteiger partial charge in [-0.15, -0.1) is 0 Å². The van der Waals surface area contributed by atoms with E-state index in [4.69, 9.17) is 0 Å². The standard InChI is InChI=1S/C15H11F3N2O/c16-15(17,18)13(21)9-5-7-10(8-6-9)14-19-11-3-1-2-4-12(11)20-14/h1-8,13,21H,(H,19,20). The third kappa shape index (κ3) is 2.62. The van der Waals surface area contributed by atoms with Crippen LogP contribution in [0, 0.1) is 0 Å². The Labute approximate surface area is 118 Å². The lowest BCUT2D eigenvalue weighted by Gasteiger charge is -2.14. The fourth-order valence-electron chi connectivity index (χ4n) is 2.10. The number of aliphatic hydroxyl groups is 1. The largest absolute Gasteiger partial charge is 0.418 e.